The van der Waals surface area contributed by atoms with Crippen LogP contribution in [0.2, 0.25) is 0 Å². The number of piperidine rings is 1. The van der Waals surface area contributed by atoms with Crippen LogP contribution < -0.4 is 4.90 Å². The van der Waals surface area contributed by atoms with E-state index >= 15 is 0 Å². The molecular weight excluding hydrogens is 210 g/mol. The Morgan fingerprint density at radius 1 is 1.35 bits per heavy atom. The van der Waals surface area contributed by atoms with E-state index in [1.54, 1.807) is 0 Å². The second-order valence-corrected chi connectivity index (χ2v) is 6.24. The Morgan fingerprint density at radius 3 is 2.88 bits per heavy atom. The van der Waals surface area contributed by atoms with Crippen LogP contribution in [0.25, 0.3) is 0 Å². The Bertz CT molecular complexity index is 410. The van der Waals surface area contributed by atoms with Crippen LogP contribution in [0.1, 0.15) is 51.3 Å². The van der Waals surface area contributed by atoms with Crippen LogP contribution in [-0.2, 0) is 0 Å². The predicted molar refractivity (Wildman–Crippen MR) is 69.2 cm³/mol. The minimum absolute atomic E-state index is 0.420. The molecule has 3 rings (SSSR count). The quantitative estimate of drug-likeness (QED) is 0.783. The fraction of sp³-hybridized carbons (Fsp3) is 0.714. The highest BCUT2D eigenvalue weighted by atomic mass is 15.2. The molecule has 1 aromatic heterocycles. The first-order chi connectivity index (χ1) is 8.14. The molecule has 3 nitrogen and oxygen atoms in total. The number of nitrogens with zero attached hydrogens (tertiary/aromatic N) is 3. The maximum atomic E-state index is 4.74. The van der Waals surface area contributed by atoms with Crippen molar-refractivity contribution in [2.24, 2.45) is 5.41 Å². The molecule has 1 saturated carbocycles. The summed E-state index contributed by atoms with van der Waals surface area (Å²) in [5.74, 6) is 2.84. The van der Waals surface area contributed by atoms with Gasteiger partial charge in [-0.3, -0.25) is 0 Å². The molecular formula is C14H21N3. The molecule has 0 amide bonds. The lowest BCUT2D eigenvalue weighted by Crippen LogP contribution is -2.40. The SMILES string of the molecule is CC1(C)CCCN(c2ccnc(C3CC3)n2)C1. The highest BCUT2D eigenvalue weighted by Gasteiger charge is 2.29. The molecule has 1 saturated heterocycles. The molecule has 17 heavy (non-hydrogen) atoms. The van der Waals surface area contributed by atoms with Crippen LogP contribution in [0.4, 0.5) is 5.82 Å². The van der Waals surface area contributed by atoms with Gasteiger partial charge in [-0.05, 0) is 37.2 Å². The maximum absolute atomic E-state index is 4.74. The van der Waals surface area contributed by atoms with Crippen molar-refractivity contribution < 1.29 is 0 Å². The first kappa shape index (κ1) is 11.0. The summed E-state index contributed by atoms with van der Waals surface area (Å²) in [4.78, 5) is 11.6. The fourth-order valence-corrected chi connectivity index (χ4v) is 2.70. The third-order valence-corrected chi connectivity index (χ3v) is 3.83. The van der Waals surface area contributed by atoms with Crippen LogP contribution in [0.5, 0.6) is 0 Å². The number of aromatic nitrogens is 2. The maximum Gasteiger partial charge on any atom is 0.133 e. The Labute approximate surface area is 103 Å². The lowest BCUT2D eigenvalue weighted by atomic mass is 9.84. The average molecular weight is 231 g/mol. The smallest absolute Gasteiger partial charge is 0.133 e. The van der Waals surface area contributed by atoms with Gasteiger partial charge in [0, 0.05) is 25.2 Å². The fourth-order valence-electron chi connectivity index (χ4n) is 2.70. The van der Waals surface area contributed by atoms with Gasteiger partial charge in [0.1, 0.15) is 11.6 Å². The number of rotatable bonds is 2. The first-order valence-electron chi connectivity index (χ1n) is 6.72. The van der Waals surface area contributed by atoms with Crippen LogP contribution >= 0.6 is 0 Å². The summed E-state index contributed by atoms with van der Waals surface area (Å²) >= 11 is 0. The van der Waals surface area contributed by atoms with Gasteiger partial charge in [-0.15, -0.1) is 0 Å². The summed E-state index contributed by atoms with van der Waals surface area (Å²) in [6.45, 7) is 6.96. The molecule has 92 valence electrons. The van der Waals surface area contributed by atoms with Gasteiger partial charge >= 0.3 is 0 Å². The summed E-state index contributed by atoms with van der Waals surface area (Å²) in [5.41, 5.74) is 0.420. The second-order valence-electron chi connectivity index (χ2n) is 6.24. The van der Waals surface area contributed by atoms with E-state index in [1.807, 2.05) is 6.20 Å². The summed E-state index contributed by atoms with van der Waals surface area (Å²) < 4.78 is 0. The number of hydrogen-bond acceptors (Lipinski definition) is 3. The molecule has 0 unspecified atom stereocenters. The molecule has 0 aromatic carbocycles. The zero-order valence-corrected chi connectivity index (χ0v) is 10.8. The van der Waals surface area contributed by atoms with E-state index in [9.17, 15) is 0 Å². The van der Waals surface area contributed by atoms with Gasteiger partial charge in [-0.1, -0.05) is 13.8 Å². The van der Waals surface area contributed by atoms with Gasteiger partial charge < -0.3 is 4.90 Å². The van der Waals surface area contributed by atoms with Crippen molar-refractivity contribution >= 4 is 5.82 Å². The largest absolute Gasteiger partial charge is 0.356 e. The van der Waals surface area contributed by atoms with Crippen molar-refractivity contribution in [3.05, 3.63) is 18.1 Å². The average Bonchev–Trinajstić information content (AvgIpc) is 3.12. The van der Waals surface area contributed by atoms with Crippen molar-refractivity contribution in [1.29, 1.82) is 0 Å². The monoisotopic (exact) mass is 231 g/mol. The Kier molecular flexibility index (Phi) is 2.57. The third kappa shape index (κ3) is 2.43. The Balaban J connectivity index is 1.80. The van der Waals surface area contributed by atoms with Gasteiger partial charge in [0.2, 0.25) is 0 Å². The molecule has 0 N–H and O–H groups in total. The van der Waals surface area contributed by atoms with Crippen molar-refractivity contribution in [3.8, 4) is 0 Å². The molecule has 0 atom stereocenters. The molecule has 2 fully saturated rings. The van der Waals surface area contributed by atoms with E-state index in [-0.39, 0.29) is 0 Å². The van der Waals surface area contributed by atoms with Crippen LogP contribution in [0, 0.1) is 5.41 Å². The minimum atomic E-state index is 0.420. The van der Waals surface area contributed by atoms with E-state index in [1.165, 1.54) is 25.7 Å². The molecule has 2 heterocycles. The highest BCUT2D eigenvalue weighted by Crippen LogP contribution is 2.38. The summed E-state index contributed by atoms with van der Waals surface area (Å²) in [6.07, 6.45) is 7.07. The van der Waals surface area contributed by atoms with Gasteiger partial charge in [-0.25, -0.2) is 9.97 Å². The third-order valence-electron chi connectivity index (χ3n) is 3.83. The molecule has 0 spiro atoms. The van der Waals surface area contributed by atoms with E-state index in [0.717, 1.165) is 24.7 Å². The minimum Gasteiger partial charge on any atom is -0.356 e. The van der Waals surface area contributed by atoms with E-state index in [0.29, 0.717) is 11.3 Å². The molecule has 1 aliphatic heterocycles. The van der Waals surface area contributed by atoms with Gasteiger partial charge in [0.25, 0.3) is 0 Å². The Morgan fingerprint density at radius 2 is 2.18 bits per heavy atom. The van der Waals surface area contributed by atoms with Crippen molar-refractivity contribution in [1.82, 2.24) is 9.97 Å². The normalized spacial score (nSPS) is 23.8. The van der Waals surface area contributed by atoms with Crippen molar-refractivity contribution in [2.45, 2.75) is 45.4 Å². The molecule has 1 aliphatic carbocycles. The van der Waals surface area contributed by atoms with Crippen molar-refractivity contribution in [3.63, 3.8) is 0 Å². The zero-order valence-electron chi connectivity index (χ0n) is 10.8. The summed E-state index contributed by atoms with van der Waals surface area (Å²) in [7, 11) is 0. The lowest BCUT2D eigenvalue weighted by Gasteiger charge is -2.38. The number of anilines is 1. The van der Waals surface area contributed by atoms with E-state index in [4.69, 9.17) is 4.98 Å². The Hall–Kier alpha value is -1.12. The highest BCUT2D eigenvalue weighted by molar-refractivity contribution is 5.39. The van der Waals surface area contributed by atoms with Crippen LogP contribution in [0.15, 0.2) is 12.3 Å². The molecule has 3 heteroatoms. The topological polar surface area (TPSA) is 29.0 Å². The zero-order chi connectivity index (χ0) is 11.9. The van der Waals surface area contributed by atoms with E-state index < -0.39 is 0 Å². The molecule has 0 radical (unpaired) electrons. The van der Waals surface area contributed by atoms with Crippen LogP contribution in [-0.4, -0.2) is 23.1 Å². The summed E-state index contributed by atoms with van der Waals surface area (Å²) in [5, 5.41) is 0. The first-order valence-corrected chi connectivity index (χ1v) is 6.72. The van der Waals surface area contributed by atoms with Crippen LogP contribution in [0.3, 0.4) is 0 Å². The standard InChI is InChI=1S/C14H21N3/c1-14(2)7-3-9-17(10-14)12-6-8-15-13(16-12)11-4-5-11/h6,8,11H,3-5,7,9-10H2,1-2H3. The summed E-state index contributed by atoms with van der Waals surface area (Å²) in [6, 6.07) is 2.06. The van der Waals surface area contributed by atoms with Gasteiger partial charge in [0.15, 0.2) is 0 Å². The molecule has 2 aliphatic rings. The molecule has 0 bridgehead atoms. The predicted octanol–water partition coefficient (Wildman–Crippen LogP) is 2.98. The van der Waals surface area contributed by atoms with Gasteiger partial charge in [0.05, 0.1) is 0 Å². The van der Waals surface area contributed by atoms with E-state index in [2.05, 4.69) is 29.8 Å². The number of hydrogen-bond donors (Lipinski definition) is 0. The second kappa shape index (κ2) is 3.97. The van der Waals surface area contributed by atoms with Gasteiger partial charge in [-0.2, -0.15) is 0 Å². The molecule has 1 aromatic rings. The van der Waals surface area contributed by atoms with Crippen molar-refractivity contribution in [2.75, 3.05) is 18.0 Å². The lowest BCUT2D eigenvalue weighted by molar-refractivity contribution is 0.292.